The van der Waals surface area contributed by atoms with Gasteiger partial charge in [-0.2, -0.15) is 0 Å². The zero-order valence-corrected chi connectivity index (χ0v) is 9.25. The van der Waals surface area contributed by atoms with E-state index in [-0.39, 0.29) is 16.0 Å². The molecule has 14 heavy (non-hydrogen) atoms. The van der Waals surface area contributed by atoms with E-state index in [0.29, 0.717) is 10.7 Å². The van der Waals surface area contributed by atoms with Crippen molar-refractivity contribution in [3.8, 4) is 0 Å². The van der Waals surface area contributed by atoms with Gasteiger partial charge in [0.1, 0.15) is 0 Å². The molecule has 0 aliphatic carbocycles. The number of hydrogen-bond acceptors (Lipinski definition) is 1. The summed E-state index contributed by atoms with van der Waals surface area (Å²) in [7, 11) is 0. The molecular formula is C9H6Cl3NO. The number of amides is 1. The standard InChI is InChI=1S/C9H6Cl3NO/c1-2-8(14)13-9-6(11)3-5(10)4-7(9)12/h2-4H,1H2,(H,13,14). The maximum atomic E-state index is 11.0. The molecule has 0 aliphatic heterocycles. The predicted molar refractivity (Wildman–Crippen MR) is 60.3 cm³/mol. The Hall–Kier alpha value is -0.700. The molecule has 5 heteroatoms. The number of carbonyl (C=O) groups excluding carboxylic acids is 1. The number of carbonyl (C=O) groups is 1. The van der Waals surface area contributed by atoms with Crippen molar-refractivity contribution in [1.82, 2.24) is 0 Å². The molecule has 1 N–H and O–H groups in total. The van der Waals surface area contributed by atoms with Crippen LogP contribution in [0.2, 0.25) is 15.1 Å². The van der Waals surface area contributed by atoms with Crippen molar-refractivity contribution in [3.05, 3.63) is 39.9 Å². The van der Waals surface area contributed by atoms with Gasteiger partial charge in [-0.25, -0.2) is 0 Å². The Morgan fingerprint density at radius 1 is 1.29 bits per heavy atom. The number of benzene rings is 1. The zero-order valence-electron chi connectivity index (χ0n) is 6.98. The van der Waals surface area contributed by atoms with E-state index in [4.69, 9.17) is 34.8 Å². The molecule has 2 nitrogen and oxygen atoms in total. The minimum absolute atomic E-state index is 0.290. The van der Waals surface area contributed by atoms with Crippen LogP contribution in [-0.4, -0.2) is 5.91 Å². The SMILES string of the molecule is C=CC(=O)Nc1c(Cl)cc(Cl)cc1Cl. The lowest BCUT2D eigenvalue weighted by atomic mass is 10.3. The van der Waals surface area contributed by atoms with Crippen LogP contribution in [0.1, 0.15) is 0 Å². The Bertz CT molecular complexity index is 367. The van der Waals surface area contributed by atoms with Crippen LogP contribution < -0.4 is 5.32 Å². The van der Waals surface area contributed by atoms with Crippen molar-refractivity contribution in [2.75, 3.05) is 5.32 Å². The van der Waals surface area contributed by atoms with E-state index in [1.54, 1.807) is 0 Å². The van der Waals surface area contributed by atoms with Crippen molar-refractivity contribution >= 4 is 46.4 Å². The lowest BCUT2D eigenvalue weighted by Crippen LogP contribution is -2.08. The van der Waals surface area contributed by atoms with Gasteiger partial charge in [0.2, 0.25) is 5.91 Å². The number of anilines is 1. The van der Waals surface area contributed by atoms with E-state index in [1.165, 1.54) is 12.1 Å². The van der Waals surface area contributed by atoms with Gasteiger partial charge in [-0.05, 0) is 18.2 Å². The number of rotatable bonds is 2. The fourth-order valence-electron chi connectivity index (χ4n) is 0.836. The monoisotopic (exact) mass is 249 g/mol. The highest BCUT2D eigenvalue weighted by molar-refractivity contribution is 6.42. The third-order valence-electron chi connectivity index (χ3n) is 1.44. The molecule has 74 valence electrons. The summed E-state index contributed by atoms with van der Waals surface area (Å²) in [5.41, 5.74) is 0.336. The molecule has 0 aromatic heterocycles. The molecular weight excluding hydrogens is 244 g/mol. The summed E-state index contributed by atoms with van der Waals surface area (Å²) in [6.07, 6.45) is 1.13. The summed E-state index contributed by atoms with van der Waals surface area (Å²) in [5.74, 6) is -0.379. The number of hydrogen-bond donors (Lipinski definition) is 1. The third kappa shape index (κ3) is 2.64. The minimum atomic E-state index is -0.379. The van der Waals surface area contributed by atoms with E-state index in [1.807, 2.05) is 0 Å². The molecule has 1 rings (SSSR count). The molecule has 0 radical (unpaired) electrons. The molecule has 0 unspecified atom stereocenters. The van der Waals surface area contributed by atoms with Gasteiger partial charge in [0, 0.05) is 5.02 Å². The van der Waals surface area contributed by atoms with Crippen LogP contribution in [0.25, 0.3) is 0 Å². The fourth-order valence-corrected chi connectivity index (χ4v) is 1.75. The van der Waals surface area contributed by atoms with Gasteiger partial charge in [0.25, 0.3) is 0 Å². The first kappa shape index (κ1) is 11.4. The van der Waals surface area contributed by atoms with Crippen LogP contribution in [0.3, 0.4) is 0 Å². The predicted octanol–water partition coefficient (Wildman–Crippen LogP) is 3.77. The summed E-state index contributed by atoms with van der Waals surface area (Å²) >= 11 is 17.3. The largest absolute Gasteiger partial charge is 0.320 e. The zero-order chi connectivity index (χ0) is 10.7. The highest BCUT2D eigenvalue weighted by Crippen LogP contribution is 2.33. The Labute approximate surface area is 96.5 Å². The lowest BCUT2D eigenvalue weighted by Gasteiger charge is -2.07. The number of halogens is 3. The topological polar surface area (TPSA) is 29.1 Å². The Morgan fingerprint density at radius 2 is 1.79 bits per heavy atom. The first-order chi connectivity index (χ1) is 6.54. The van der Waals surface area contributed by atoms with Crippen molar-refractivity contribution < 1.29 is 4.79 Å². The average molecular weight is 251 g/mol. The van der Waals surface area contributed by atoms with Gasteiger partial charge in [-0.3, -0.25) is 4.79 Å². The molecule has 1 aromatic rings. The molecule has 0 spiro atoms. The van der Waals surface area contributed by atoms with Crippen LogP contribution in [0.4, 0.5) is 5.69 Å². The second-order valence-corrected chi connectivity index (χ2v) is 3.69. The van der Waals surface area contributed by atoms with Gasteiger partial charge in [-0.1, -0.05) is 41.4 Å². The quantitative estimate of drug-likeness (QED) is 0.795. The van der Waals surface area contributed by atoms with Gasteiger partial charge < -0.3 is 5.32 Å². The highest BCUT2D eigenvalue weighted by atomic mass is 35.5. The van der Waals surface area contributed by atoms with E-state index < -0.39 is 0 Å². The number of nitrogens with one attached hydrogen (secondary N) is 1. The Kier molecular flexibility index (Phi) is 3.81. The van der Waals surface area contributed by atoms with Gasteiger partial charge in [-0.15, -0.1) is 0 Å². The molecule has 0 bridgehead atoms. The first-order valence-corrected chi connectivity index (χ1v) is 4.76. The van der Waals surface area contributed by atoms with Crippen molar-refractivity contribution in [2.45, 2.75) is 0 Å². The van der Waals surface area contributed by atoms with Gasteiger partial charge in [0.05, 0.1) is 15.7 Å². The van der Waals surface area contributed by atoms with Crippen LogP contribution in [0.5, 0.6) is 0 Å². The molecule has 0 saturated heterocycles. The molecule has 1 aromatic carbocycles. The Morgan fingerprint density at radius 3 is 2.21 bits per heavy atom. The molecule has 1 amide bonds. The lowest BCUT2D eigenvalue weighted by molar-refractivity contribution is -0.111. The van der Waals surface area contributed by atoms with Crippen LogP contribution in [0, 0.1) is 0 Å². The molecule has 0 heterocycles. The van der Waals surface area contributed by atoms with Crippen molar-refractivity contribution in [3.63, 3.8) is 0 Å². The maximum Gasteiger partial charge on any atom is 0.247 e. The van der Waals surface area contributed by atoms with E-state index in [9.17, 15) is 4.79 Å². The highest BCUT2D eigenvalue weighted by Gasteiger charge is 2.08. The summed E-state index contributed by atoms with van der Waals surface area (Å²) in [5, 5.41) is 3.47. The van der Waals surface area contributed by atoms with Crippen LogP contribution >= 0.6 is 34.8 Å². The normalized spacial score (nSPS) is 9.64. The average Bonchev–Trinajstić information content (AvgIpc) is 2.10. The van der Waals surface area contributed by atoms with E-state index in [0.717, 1.165) is 6.08 Å². The third-order valence-corrected chi connectivity index (χ3v) is 2.25. The molecule has 0 aliphatic rings. The van der Waals surface area contributed by atoms with E-state index in [2.05, 4.69) is 11.9 Å². The second-order valence-electron chi connectivity index (χ2n) is 2.44. The molecule has 0 saturated carbocycles. The summed E-state index contributed by atoms with van der Waals surface area (Å²) in [6, 6.07) is 2.99. The first-order valence-electron chi connectivity index (χ1n) is 3.62. The van der Waals surface area contributed by atoms with Crippen molar-refractivity contribution in [2.24, 2.45) is 0 Å². The van der Waals surface area contributed by atoms with Gasteiger partial charge >= 0.3 is 0 Å². The van der Waals surface area contributed by atoms with Gasteiger partial charge in [0.15, 0.2) is 0 Å². The summed E-state index contributed by atoms with van der Waals surface area (Å²) in [4.78, 5) is 11.0. The van der Waals surface area contributed by atoms with Crippen LogP contribution in [-0.2, 0) is 4.79 Å². The smallest absolute Gasteiger partial charge is 0.247 e. The van der Waals surface area contributed by atoms with Crippen LogP contribution in [0.15, 0.2) is 24.8 Å². The maximum absolute atomic E-state index is 11.0. The summed E-state index contributed by atoms with van der Waals surface area (Å²) < 4.78 is 0. The van der Waals surface area contributed by atoms with E-state index >= 15 is 0 Å². The fraction of sp³-hybridized carbons (Fsp3) is 0. The summed E-state index contributed by atoms with van der Waals surface area (Å²) in [6.45, 7) is 3.31. The molecule has 0 fully saturated rings. The minimum Gasteiger partial charge on any atom is -0.320 e. The Balaban J connectivity index is 3.08. The van der Waals surface area contributed by atoms with Crippen molar-refractivity contribution in [1.29, 1.82) is 0 Å². The second kappa shape index (κ2) is 4.69. The molecule has 0 atom stereocenters.